The van der Waals surface area contributed by atoms with Crippen molar-refractivity contribution in [1.29, 1.82) is 0 Å². The topological polar surface area (TPSA) is 33.1 Å². The fraction of sp³-hybridized carbons (Fsp3) is 0.308. The van der Waals surface area contributed by atoms with Crippen LogP contribution in [0.25, 0.3) is 10.6 Å². The van der Waals surface area contributed by atoms with Crippen LogP contribution < -0.4 is 0 Å². The average Bonchev–Trinajstić information content (AvgIpc) is 2.86. The van der Waals surface area contributed by atoms with Gasteiger partial charge in [0.15, 0.2) is 0 Å². The van der Waals surface area contributed by atoms with Gasteiger partial charge in [0, 0.05) is 22.6 Å². The molecule has 0 fully saturated rings. The van der Waals surface area contributed by atoms with Crippen LogP contribution in [0.15, 0.2) is 30.5 Å². The summed E-state index contributed by atoms with van der Waals surface area (Å²) in [6.07, 6.45) is -2.67. The van der Waals surface area contributed by atoms with E-state index in [1.165, 1.54) is 23.5 Å². The second kappa shape index (κ2) is 5.30. The predicted molar refractivity (Wildman–Crippen MR) is 68.1 cm³/mol. The summed E-state index contributed by atoms with van der Waals surface area (Å²) in [6, 6.07) is 4.92. The number of nitrogens with zero attached hydrogens (tertiary/aromatic N) is 1. The number of benzene rings is 1. The van der Waals surface area contributed by atoms with Gasteiger partial charge in [0.25, 0.3) is 0 Å². The van der Waals surface area contributed by atoms with Gasteiger partial charge in [0.1, 0.15) is 5.01 Å². The van der Waals surface area contributed by atoms with E-state index in [2.05, 4.69) is 4.98 Å². The normalized spacial score (nSPS) is 13.5. The molecule has 2 rings (SSSR count). The van der Waals surface area contributed by atoms with Gasteiger partial charge < -0.3 is 5.11 Å². The molecule has 0 aliphatic rings. The summed E-state index contributed by atoms with van der Waals surface area (Å²) in [4.78, 5) is 5.09. The Morgan fingerprint density at radius 1 is 1.26 bits per heavy atom. The predicted octanol–water partition coefficient (Wildman–Crippen LogP) is 3.92. The molecular formula is C13H12F3NOS. The second-order valence-corrected chi connectivity index (χ2v) is 5.29. The Morgan fingerprint density at radius 2 is 1.89 bits per heavy atom. The zero-order valence-electron chi connectivity index (χ0n) is 10.1. The van der Waals surface area contributed by atoms with E-state index in [1.807, 2.05) is 6.92 Å². The number of thiazole rings is 1. The third-order valence-electron chi connectivity index (χ3n) is 2.74. The van der Waals surface area contributed by atoms with Gasteiger partial charge in [-0.3, -0.25) is 0 Å². The monoisotopic (exact) mass is 287 g/mol. The number of hydrogen-bond donors (Lipinski definition) is 1. The number of hydrogen-bond acceptors (Lipinski definition) is 3. The Morgan fingerprint density at radius 3 is 2.42 bits per heavy atom. The van der Waals surface area contributed by atoms with Crippen molar-refractivity contribution in [3.8, 4) is 10.6 Å². The summed E-state index contributed by atoms with van der Waals surface area (Å²) < 4.78 is 37.3. The van der Waals surface area contributed by atoms with Crippen LogP contribution in [0.4, 0.5) is 13.2 Å². The lowest BCUT2D eigenvalue weighted by Crippen LogP contribution is -2.03. The molecule has 2 nitrogen and oxygen atoms in total. The zero-order chi connectivity index (χ0) is 14.0. The van der Waals surface area contributed by atoms with E-state index in [4.69, 9.17) is 5.11 Å². The van der Waals surface area contributed by atoms with Gasteiger partial charge in [0.2, 0.25) is 0 Å². The summed E-state index contributed by atoms with van der Waals surface area (Å²) in [7, 11) is 0. The van der Waals surface area contributed by atoms with Crippen LogP contribution in [0.1, 0.15) is 23.3 Å². The fourth-order valence-corrected chi connectivity index (χ4v) is 2.50. The van der Waals surface area contributed by atoms with Crippen LogP contribution in [0.3, 0.4) is 0 Å². The number of rotatable bonds is 3. The molecule has 102 valence electrons. The first-order valence-electron chi connectivity index (χ1n) is 5.66. The summed E-state index contributed by atoms with van der Waals surface area (Å²) in [6.45, 7) is 1.89. The molecule has 19 heavy (non-hydrogen) atoms. The average molecular weight is 287 g/mol. The molecule has 0 radical (unpaired) electrons. The maximum atomic E-state index is 12.4. The third-order valence-corrected chi connectivity index (χ3v) is 4.02. The summed E-state index contributed by atoms with van der Waals surface area (Å²) in [5, 5.41) is 9.70. The van der Waals surface area contributed by atoms with Crippen molar-refractivity contribution in [3.63, 3.8) is 0 Å². The molecule has 1 unspecified atom stereocenters. The quantitative estimate of drug-likeness (QED) is 0.928. The Hall–Kier alpha value is -1.40. The molecule has 0 amide bonds. The lowest BCUT2D eigenvalue weighted by Gasteiger charge is -2.06. The standard InChI is InChI=1S/C13H12F3NOS/c1-8(7-18)11-6-17-12(19-11)9-2-4-10(5-3-9)13(14,15)16/h2-6,8,18H,7H2,1H3. The molecule has 0 saturated heterocycles. The molecular weight excluding hydrogens is 275 g/mol. The minimum Gasteiger partial charge on any atom is -0.396 e. The van der Waals surface area contributed by atoms with Gasteiger partial charge in [-0.05, 0) is 12.1 Å². The maximum Gasteiger partial charge on any atom is 0.416 e. The molecule has 1 aromatic carbocycles. The second-order valence-electron chi connectivity index (χ2n) is 4.23. The zero-order valence-corrected chi connectivity index (χ0v) is 10.9. The molecule has 0 spiro atoms. The van der Waals surface area contributed by atoms with Crippen molar-refractivity contribution in [2.75, 3.05) is 6.61 Å². The smallest absolute Gasteiger partial charge is 0.396 e. The van der Waals surface area contributed by atoms with Crippen molar-refractivity contribution in [3.05, 3.63) is 40.9 Å². The molecule has 1 N–H and O–H groups in total. The van der Waals surface area contributed by atoms with Crippen LogP contribution in [0, 0.1) is 0 Å². The van der Waals surface area contributed by atoms with E-state index in [9.17, 15) is 13.2 Å². The number of aliphatic hydroxyl groups is 1. The Bertz CT molecular complexity index is 548. The first-order valence-corrected chi connectivity index (χ1v) is 6.47. The van der Waals surface area contributed by atoms with Crippen LogP contribution in [0.2, 0.25) is 0 Å². The molecule has 0 bridgehead atoms. The van der Waals surface area contributed by atoms with Crippen molar-refractivity contribution >= 4 is 11.3 Å². The molecule has 1 heterocycles. The molecule has 6 heteroatoms. The van der Waals surface area contributed by atoms with E-state index in [1.54, 1.807) is 6.20 Å². The Balaban J connectivity index is 2.25. The van der Waals surface area contributed by atoms with Gasteiger partial charge in [-0.2, -0.15) is 13.2 Å². The third kappa shape index (κ3) is 3.13. The largest absolute Gasteiger partial charge is 0.416 e. The van der Waals surface area contributed by atoms with Gasteiger partial charge in [0.05, 0.1) is 12.2 Å². The fourth-order valence-electron chi connectivity index (χ4n) is 1.54. The van der Waals surface area contributed by atoms with Crippen LogP contribution in [0.5, 0.6) is 0 Å². The molecule has 2 aromatic rings. The van der Waals surface area contributed by atoms with E-state index >= 15 is 0 Å². The highest BCUT2D eigenvalue weighted by molar-refractivity contribution is 7.15. The SMILES string of the molecule is CC(CO)c1cnc(-c2ccc(C(F)(F)F)cc2)s1. The van der Waals surface area contributed by atoms with Crippen LogP contribution in [-0.4, -0.2) is 16.7 Å². The first-order chi connectivity index (χ1) is 8.91. The highest BCUT2D eigenvalue weighted by atomic mass is 32.1. The number of aromatic nitrogens is 1. The lowest BCUT2D eigenvalue weighted by molar-refractivity contribution is -0.137. The lowest BCUT2D eigenvalue weighted by atomic mass is 10.1. The number of alkyl halides is 3. The maximum absolute atomic E-state index is 12.4. The molecule has 1 atom stereocenters. The van der Waals surface area contributed by atoms with Crippen molar-refractivity contribution < 1.29 is 18.3 Å². The summed E-state index contributed by atoms with van der Waals surface area (Å²) >= 11 is 1.38. The van der Waals surface area contributed by atoms with Crippen molar-refractivity contribution in [2.24, 2.45) is 0 Å². The van der Waals surface area contributed by atoms with E-state index in [0.717, 1.165) is 17.0 Å². The summed E-state index contributed by atoms with van der Waals surface area (Å²) in [5.41, 5.74) is -0.0221. The van der Waals surface area contributed by atoms with Gasteiger partial charge >= 0.3 is 6.18 Å². The Kier molecular flexibility index (Phi) is 3.91. The van der Waals surface area contributed by atoms with E-state index in [-0.39, 0.29) is 12.5 Å². The van der Waals surface area contributed by atoms with Crippen molar-refractivity contribution in [2.45, 2.75) is 19.0 Å². The van der Waals surface area contributed by atoms with E-state index in [0.29, 0.717) is 10.6 Å². The highest BCUT2D eigenvalue weighted by Gasteiger charge is 2.30. The van der Waals surface area contributed by atoms with Gasteiger partial charge in [-0.1, -0.05) is 19.1 Å². The Labute approximate surface area is 112 Å². The molecule has 1 aromatic heterocycles. The highest BCUT2D eigenvalue weighted by Crippen LogP contribution is 2.33. The molecule has 0 aliphatic carbocycles. The number of aliphatic hydroxyl groups excluding tert-OH is 1. The summed E-state index contributed by atoms with van der Waals surface area (Å²) in [5.74, 6) is -0.0132. The molecule has 0 aliphatic heterocycles. The minimum absolute atomic E-state index is 0.0132. The van der Waals surface area contributed by atoms with Gasteiger partial charge in [-0.25, -0.2) is 4.98 Å². The van der Waals surface area contributed by atoms with Crippen molar-refractivity contribution in [1.82, 2.24) is 4.98 Å². The first kappa shape index (κ1) is 14.0. The van der Waals surface area contributed by atoms with Gasteiger partial charge in [-0.15, -0.1) is 11.3 Å². The minimum atomic E-state index is -4.32. The van der Waals surface area contributed by atoms with E-state index < -0.39 is 11.7 Å². The van der Waals surface area contributed by atoms with Crippen LogP contribution >= 0.6 is 11.3 Å². The number of halogens is 3. The molecule has 0 saturated carbocycles. The van der Waals surface area contributed by atoms with Crippen LogP contribution in [-0.2, 0) is 6.18 Å².